The molecule has 0 radical (unpaired) electrons. The van der Waals surface area contributed by atoms with Crippen LogP contribution < -0.4 is 5.73 Å². The monoisotopic (exact) mass is 272 g/mol. The minimum Gasteiger partial charge on any atom is -0.375 e. The van der Waals surface area contributed by atoms with Crippen LogP contribution in [0.2, 0.25) is 0 Å². The van der Waals surface area contributed by atoms with Crippen LogP contribution in [0.25, 0.3) is 0 Å². The van der Waals surface area contributed by atoms with Crippen molar-refractivity contribution in [2.75, 3.05) is 26.2 Å². The van der Waals surface area contributed by atoms with Crippen LogP contribution in [0.3, 0.4) is 0 Å². The molecule has 1 atom stereocenters. The predicted octanol–water partition coefficient (Wildman–Crippen LogP) is 1.17. The van der Waals surface area contributed by atoms with Gasteiger partial charge in [0.2, 0.25) is 0 Å². The van der Waals surface area contributed by atoms with E-state index in [-0.39, 0.29) is 12.0 Å². The normalized spacial score (nSPS) is 18.4. The molecule has 0 aromatic heterocycles. The Bertz CT molecular complexity index is 557. The first-order valence-electron chi connectivity index (χ1n) is 6.82. The summed E-state index contributed by atoms with van der Waals surface area (Å²) in [5.74, 6) is 5.88. The van der Waals surface area contributed by atoms with E-state index in [2.05, 4.69) is 11.8 Å². The largest absolute Gasteiger partial charge is 0.375 e. The van der Waals surface area contributed by atoms with Crippen LogP contribution in [0.1, 0.15) is 28.4 Å². The van der Waals surface area contributed by atoms with Crippen LogP contribution in [-0.2, 0) is 4.74 Å². The zero-order valence-electron chi connectivity index (χ0n) is 12.0. The third kappa shape index (κ3) is 3.38. The Morgan fingerprint density at radius 2 is 2.35 bits per heavy atom. The first-order valence-corrected chi connectivity index (χ1v) is 6.82. The fraction of sp³-hybridized carbons (Fsp3) is 0.438. The average Bonchev–Trinajstić information content (AvgIpc) is 2.45. The summed E-state index contributed by atoms with van der Waals surface area (Å²) in [6.07, 6.45) is 0.0923. The van der Waals surface area contributed by atoms with Crippen LogP contribution >= 0.6 is 0 Å². The second-order valence-electron chi connectivity index (χ2n) is 4.97. The molecule has 2 rings (SSSR count). The lowest BCUT2D eigenvalue weighted by Gasteiger charge is -2.31. The van der Waals surface area contributed by atoms with Gasteiger partial charge in [-0.25, -0.2) is 0 Å². The minimum atomic E-state index is 0.0379. The highest BCUT2D eigenvalue weighted by Crippen LogP contribution is 2.14. The van der Waals surface area contributed by atoms with E-state index in [9.17, 15) is 4.79 Å². The maximum Gasteiger partial charge on any atom is 0.254 e. The number of morpholine rings is 1. The number of carbonyl (C=O) groups is 1. The number of nitrogens with zero attached hydrogens (tertiary/aromatic N) is 1. The highest BCUT2D eigenvalue weighted by atomic mass is 16.5. The number of hydrogen-bond acceptors (Lipinski definition) is 3. The van der Waals surface area contributed by atoms with Crippen molar-refractivity contribution < 1.29 is 9.53 Å². The summed E-state index contributed by atoms with van der Waals surface area (Å²) >= 11 is 0. The topological polar surface area (TPSA) is 55.6 Å². The number of aryl methyl sites for hydroxylation is 1. The molecular weight excluding hydrogens is 252 g/mol. The molecule has 2 N–H and O–H groups in total. The standard InChI is InChI=1S/C16H20N2O2/c1-12-5-6-15(10-14(12)4-3-7-17)16(19)18-8-9-20-13(2)11-18/h5-6,10,13H,7-9,11,17H2,1-2H3. The first kappa shape index (κ1) is 14.6. The Balaban J connectivity index is 2.21. The Morgan fingerprint density at radius 3 is 3.05 bits per heavy atom. The van der Waals surface area contributed by atoms with Gasteiger partial charge >= 0.3 is 0 Å². The molecule has 1 saturated heterocycles. The van der Waals surface area contributed by atoms with Crippen molar-refractivity contribution in [1.29, 1.82) is 0 Å². The van der Waals surface area contributed by atoms with Crippen molar-refractivity contribution in [3.05, 3.63) is 34.9 Å². The lowest BCUT2D eigenvalue weighted by atomic mass is 10.0. The van der Waals surface area contributed by atoms with Crippen molar-refractivity contribution in [2.45, 2.75) is 20.0 Å². The molecule has 1 aromatic carbocycles. The van der Waals surface area contributed by atoms with E-state index in [1.165, 1.54) is 0 Å². The molecule has 1 aromatic rings. The maximum absolute atomic E-state index is 12.5. The molecule has 1 aliphatic heterocycles. The third-order valence-corrected chi connectivity index (χ3v) is 3.34. The summed E-state index contributed by atoms with van der Waals surface area (Å²) in [5.41, 5.74) is 7.98. The lowest BCUT2D eigenvalue weighted by Crippen LogP contribution is -2.44. The fourth-order valence-corrected chi connectivity index (χ4v) is 2.22. The van der Waals surface area contributed by atoms with E-state index < -0.39 is 0 Å². The minimum absolute atomic E-state index is 0.0379. The number of hydrogen-bond donors (Lipinski definition) is 1. The van der Waals surface area contributed by atoms with Gasteiger partial charge in [-0.1, -0.05) is 17.9 Å². The lowest BCUT2D eigenvalue weighted by molar-refractivity contribution is -0.0124. The highest BCUT2D eigenvalue weighted by Gasteiger charge is 2.22. The van der Waals surface area contributed by atoms with Gasteiger partial charge in [0.15, 0.2) is 0 Å². The first-order chi connectivity index (χ1) is 9.61. The summed E-state index contributed by atoms with van der Waals surface area (Å²) in [6.45, 7) is 6.15. The molecule has 0 bridgehead atoms. The zero-order valence-corrected chi connectivity index (χ0v) is 12.0. The molecule has 20 heavy (non-hydrogen) atoms. The number of nitrogens with two attached hydrogens (primary N) is 1. The van der Waals surface area contributed by atoms with Gasteiger partial charge in [-0.3, -0.25) is 4.79 Å². The molecule has 106 valence electrons. The molecule has 1 fully saturated rings. The smallest absolute Gasteiger partial charge is 0.254 e. The number of benzene rings is 1. The van der Waals surface area contributed by atoms with Gasteiger partial charge in [0.25, 0.3) is 5.91 Å². The van der Waals surface area contributed by atoms with Gasteiger partial charge in [-0.2, -0.15) is 0 Å². The van der Waals surface area contributed by atoms with Crippen molar-refractivity contribution in [2.24, 2.45) is 5.73 Å². The van der Waals surface area contributed by atoms with Gasteiger partial charge in [0.05, 0.1) is 19.3 Å². The van der Waals surface area contributed by atoms with Gasteiger partial charge in [0, 0.05) is 24.2 Å². The average molecular weight is 272 g/mol. The Kier molecular flexibility index (Phi) is 4.78. The van der Waals surface area contributed by atoms with Crippen LogP contribution in [-0.4, -0.2) is 43.2 Å². The molecule has 0 aliphatic carbocycles. The Hall–Kier alpha value is -1.83. The summed E-state index contributed by atoms with van der Waals surface area (Å²) in [5, 5.41) is 0. The number of amides is 1. The molecule has 0 saturated carbocycles. The van der Waals surface area contributed by atoms with Gasteiger partial charge in [-0.05, 0) is 31.5 Å². The SMILES string of the molecule is Cc1ccc(C(=O)N2CCOC(C)C2)cc1C#CCN. The second kappa shape index (κ2) is 6.56. The highest BCUT2D eigenvalue weighted by molar-refractivity contribution is 5.94. The number of rotatable bonds is 1. The van der Waals surface area contributed by atoms with Crippen LogP contribution in [0, 0.1) is 18.8 Å². The Labute approximate surface area is 119 Å². The molecule has 1 aliphatic rings. The molecule has 0 spiro atoms. The molecule has 4 heteroatoms. The van der Waals surface area contributed by atoms with E-state index in [1.54, 1.807) is 0 Å². The van der Waals surface area contributed by atoms with Crippen molar-refractivity contribution in [3.8, 4) is 11.8 Å². The van der Waals surface area contributed by atoms with Gasteiger partial charge < -0.3 is 15.4 Å². The van der Waals surface area contributed by atoms with Crippen LogP contribution in [0.5, 0.6) is 0 Å². The molecular formula is C16H20N2O2. The van der Waals surface area contributed by atoms with Crippen molar-refractivity contribution in [3.63, 3.8) is 0 Å². The van der Waals surface area contributed by atoms with E-state index in [0.717, 1.165) is 11.1 Å². The molecule has 4 nitrogen and oxygen atoms in total. The van der Waals surface area contributed by atoms with E-state index >= 15 is 0 Å². The van der Waals surface area contributed by atoms with E-state index in [0.29, 0.717) is 31.8 Å². The fourth-order valence-electron chi connectivity index (χ4n) is 2.22. The van der Waals surface area contributed by atoms with Crippen LogP contribution in [0.15, 0.2) is 18.2 Å². The van der Waals surface area contributed by atoms with Gasteiger partial charge in [0.1, 0.15) is 0 Å². The zero-order chi connectivity index (χ0) is 14.5. The summed E-state index contributed by atoms with van der Waals surface area (Å²) in [4.78, 5) is 14.3. The molecule has 1 unspecified atom stereocenters. The van der Waals surface area contributed by atoms with Crippen molar-refractivity contribution in [1.82, 2.24) is 4.90 Å². The Morgan fingerprint density at radius 1 is 1.55 bits per heavy atom. The summed E-state index contributed by atoms with van der Waals surface area (Å²) < 4.78 is 5.46. The molecule has 1 heterocycles. The predicted molar refractivity (Wildman–Crippen MR) is 78.4 cm³/mol. The van der Waals surface area contributed by atoms with E-state index in [1.807, 2.05) is 36.9 Å². The van der Waals surface area contributed by atoms with Gasteiger partial charge in [-0.15, -0.1) is 0 Å². The van der Waals surface area contributed by atoms with Crippen molar-refractivity contribution >= 4 is 5.91 Å². The molecule has 1 amide bonds. The quantitative estimate of drug-likeness (QED) is 0.781. The van der Waals surface area contributed by atoms with E-state index in [4.69, 9.17) is 10.5 Å². The third-order valence-electron chi connectivity index (χ3n) is 3.34. The number of carbonyl (C=O) groups excluding carboxylic acids is 1. The summed E-state index contributed by atoms with van der Waals surface area (Å²) in [6, 6.07) is 5.63. The number of ether oxygens (including phenoxy) is 1. The second-order valence-corrected chi connectivity index (χ2v) is 4.97. The maximum atomic E-state index is 12.5. The van der Waals surface area contributed by atoms with Crippen LogP contribution in [0.4, 0.5) is 0 Å². The summed E-state index contributed by atoms with van der Waals surface area (Å²) in [7, 11) is 0.